The van der Waals surface area contributed by atoms with Crippen molar-refractivity contribution in [2.75, 3.05) is 19.6 Å². The molecule has 0 aliphatic carbocycles. The number of nitrogens with zero attached hydrogens (tertiary/aromatic N) is 1. The van der Waals surface area contributed by atoms with Crippen LogP contribution in [0.25, 0.3) is 0 Å². The van der Waals surface area contributed by atoms with Crippen LogP contribution in [0.2, 0.25) is 5.02 Å². The quantitative estimate of drug-likeness (QED) is 0.804. The van der Waals surface area contributed by atoms with Gasteiger partial charge in [0.25, 0.3) is 0 Å². The van der Waals surface area contributed by atoms with Crippen molar-refractivity contribution >= 4 is 17.4 Å². The Morgan fingerprint density at radius 2 is 1.81 bits per heavy atom. The molecule has 0 amide bonds. The monoisotopic (exact) mass is 307 g/mol. The Labute approximate surface area is 133 Å². The Hall–Kier alpha value is -0.860. The van der Waals surface area contributed by atoms with E-state index in [-0.39, 0.29) is 11.8 Å². The number of Topliss-reactive ketones (excluding diaryl/α,β-unsaturated/α-hetero) is 1. The molecule has 3 heteroatoms. The average Bonchev–Trinajstić information content (AvgIpc) is 2.47. The van der Waals surface area contributed by atoms with Crippen molar-refractivity contribution in [3.63, 3.8) is 0 Å². The highest BCUT2D eigenvalue weighted by Gasteiger charge is 2.27. The first-order valence-electron chi connectivity index (χ1n) is 7.99. The lowest BCUT2D eigenvalue weighted by Crippen LogP contribution is -2.38. The van der Waals surface area contributed by atoms with E-state index >= 15 is 0 Å². The van der Waals surface area contributed by atoms with E-state index in [1.165, 1.54) is 12.8 Å². The zero-order valence-corrected chi connectivity index (χ0v) is 14.1. The molecule has 1 heterocycles. The number of carbonyl (C=O) groups excluding carboxylic acids is 1. The molecule has 1 aromatic rings. The highest BCUT2D eigenvalue weighted by molar-refractivity contribution is 6.30. The maximum absolute atomic E-state index is 12.6. The molecule has 1 aromatic carbocycles. The minimum Gasteiger partial charge on any atom is -0.302 e. The minimum absolute atomic E-state index is 0.0318. The van der Waals surface area contributed by atoms with Crippen molar-refractivity contribution in [3.05, 3.63) is 34.9 Å². The van der Waals surface area contributed by atoms with E-state index in [4.69, 9.17) is 11.6 Å². The van der Waals surface area contributed by atoms with E-state index in [1.54, 1.807) is 0 Å². The Morgan fingerprint density at radius 1 is 1.24 bits per heavy atom. The van der Waals surface area contributed by atoms with Gasteiger partial charge in [-0.05, 0) is 49.5 Å². The third kappa shape index (κ3) is 4.55. The van der Waals surface area contributed by atoms with E-state index in [2.05, 4.69) is 11.8 Å². The van der Waals surface area contributed by atoms with Gasteiger partial charge in [0.15, 0.2) is 0 Å². The molecule has 21 heavy (non-hydrogen) atoms. The van der Waals surface area contributed by atoms with Crippen molar-refractivity contribution in [2.45, 2.75) is 39.5 Å². The molecule has 1 saturated heterocycles. The second-order valence-electron chi connectivity index (χ2n) is 6.64. The summed E-state index contributed by atoms with van der Waals surface area (Å²) in [7, 11) is 0. The topological polar surface area (TPSA) is 20.3 Å². The van der Waals surface area contributed by atoms with Crippen LogP contribution in [0.1, 0.15) is 45.1 Å². The predicted molar refractivity (Wildman–Crippen MR) is 88.9 cm³/mol. The van der Waals surface area contributed by atoms with Gasteiger partial charge in [-0.2, -0.15) is 0 Å². The molecule has 0 radical (unpaired) electrons. The van der Waals surface area contributed by atoms with Gasteiger partial charge in [-0.3, -0.25) is 4.79 Å². The summed E-state index contributed by atoms with van der Waals surface area (Å²) in [5.74, 6) is 1.18. The molecule has 116 valence electrons. The van der Waals surface area contributed by atoms with Crippen LogP contribution in [0.4, 0.5) is 0 Å². The van der Waals surface area contributed by atoms with Crippen LogP contribution in [0.15, 0.2) is 24.3 Å². The molecule has 0 aromatic heterocycles. The second-order valence-corrected chi connectivity index (χ2v) is 7.08. The van der Waals surface area contributed by atoms with Gasteiger partial charge in [0.2, 0.25) is 0 Å². The summed E-state index contributed by atoms with van der Waals surface area (Å²) >= 11 is 5.97. The summed E-state index contributed by atoms with van der Waals surface area (Å²) in [5, 5.41) is 0.723. The molecule has 0 spiro atoms. The van der Waals surface area contributed by atoms with E-state index in [1.807, 2.05) is 38.1 Å². The zero-order chi connectivity index (χ0) is 15.4. The summed E-state index contributed by atoms with van der Waals surface area (Å²) < 4.78 is 0. The molecule has 1 atom stereocenters. The first kappa shape index (κ1) is 16.5. The molecule has 1 aliphatic heterocycles. The summed E-state index contributed by atoms with van der Waals surface area (Å²) in [6, 6.07) is 7.77. The first-order valence-corrected chi connectivity index (χ1v) is 8.36. The molecule has 2 rings (SSSR count). The highest BCUT2D eigenvalue weighted by Crippen LogP contribution is 2.26. The van der Waals surface area contributed by atoms with E-state index < -0.39 is 0 Å². The number of carbonyl (C=O) groups is 1. The van der Waals surface area contributed by atoms with Gasteiger partial charge in [-0.25, -0.2) is 0 Å². The number of ketones is 1. The fraction of sp³-hybridized carbons (Fsp3) is 0.611. The van der Waals surface area contributed by atoms with Crippen LogP contribution >= 0.6 is 11.6 Å². The second kappa shape index (κ2) is 7.42. The Kier molecular flexibility index (Phi) is 5.83. The molecule has 2 nitrogen and oxygen atoms in total. The van der Waals surface area contributed by atoms with Crippen LogP contribution < -0.4 is 0 Å². The predicted octanol–water partition coefficient (Wildman–Crippen LogP) is 4.38. The number of likely N-dealkylation sites (tertiary alicyclic amines) is 1. The van der Waals surface area contributed by atoms with Crippen LogP contribution in [-0.2, 0) is 4.79 Å². The Bertz CT molecular complexity index is 461. The van der Waals surface area contributed by atoms with E-state index in [0.717, 1.165) is 36.1 Å². The van der Waals surface area contributed by atoms with Gasteiger partial charge in [-0.1, -0.05) is 44.5 Å². The lowest BCUT2D eigenvalue weighted by Gasteiger charge is -2.33. The summed E-state index contributed by atoms with van der Waals surface area (Å²) in [4.78, 5) is 15.1. The number of hydrogen-bond donors (Lipinski definition) is 0. The molecule has 0 N–H and O–H groups in total. The Balaban J connectivity index is 2.12. The number of piperidine rings is 1. The lowest BCUT2D eigenvalue weighted by molar-refractivity contribution is -0.123. The smallest absolute Gasteiger partial charge is 0.144 e. The molecular formula is C18H26ClNO. The average molecular weight is 308 g/mol. The number of halogens is 1. The molecule has 1 fully saturated rings. The van der Waals surface area contributed by atoms with Crippen molar-refractivity contribution in [3.8, 4) is 0 Å². The van der Waals surface area contributed by atoms with Crippen molar-refractivity contribution in [2.24, 2.45) is 11.8 Å². The fourth-order valence-corrected chi connectivity index (χ4v) is 3.09. The summed E-state index contributed by atoms with van der Waals surface area (Å²) in [5.41, 5.74) is 1.09. The van der Waals surface area contributed by atoms with Crippen molar-refractivity contribution in [1.82, 2.24) is 4.90 Å². The molecule has 1 aliphatic rings. The van der Waals surface area contributed by atoms with Gasteiger partial charge in [0, 0.05) is 17.5 Å². The lowest BCUT2D eigenvalue weighted by atomic mass is 9.87. The Morgan fingerprint density at radius 3 is 2.33 bits per heavy atom. The number of hydrogen-bond acceptors (Lipinski definition) is 2. The standard InChI is InChI=1S/C18H26ClNO/c1-13(2)18(21)17(15-4-6-16(19)7-5-15)12-20-10-8-14(3)9-11-20/h4-7,13-14,17H,8-12H2,1-3H3/t17-/m0/s1. The summed E-state index contributed by atoms with van der Waals surface area (Å²) in [6.07, 6.45) is 2.48. The van der Waals surface area contributed by atoms with Crippen LogP contribution in [0, 0.1) is 11.8 Å². The fourth-order valence-electron chi connectivity index (χ4n) is 2.96. The molecule has 0 unspecified atom stereocenters. The third-order valence-corrected chi connectivity index (χ3v) is 4.75. The van der Waals surface area contributed by atoms with Crippen LogP contribution in [0.5, 0.6) is 0 Å². The summed E-state index contributed by atoms with van der Waals surface area (Å²) in [6.45, 7) is 9.35. The van der Waals surface area contributed by atoms with E-state index in [0.29, 0.717) is 5.78 Å². The van der Waals surface area contributed by atoms with Crippen molar-refractivity contribution in [1.29, 1.82) is 0 Å². The van der Waals surface area contributed by atoms with Gasteiger partial charge >= 0.3 is 0 Å². The number of benzene rings is 1. The van der Waals surface area contributed by atoms with Crippen LogP contribution in [0.3, 0.4) is 0 Å². The molecular weight excluding hydrogens is 282 g/mol. The minimum atomic E-state index is -0.0318. The third-order valence-electron chi connectivity index (χ3n) is 4.50. The maximum Gasteiger partial charge on any atom is 0.144 e. The van der Waals surface area contributed by atoms with Gasteiger partial charge < -0.3 is 4.90 Å². The maximum atomic E-state index is 12.6. The first-order chi connectivity index (χ1) is 9.97. The molecule has 0 saturated carbocycles. The normalized spacial score (nSPS) is 18.9. The van der Waals surface area contributed by atoms with Crippen LogP contribution in [-0.4, -0.2) is 30.3 Å². The van der Waals surface area contributed by atoms with Gasteiger partial charge in [0.1, 0.15) is 5.78 Å². The molecule has 0 bridgehead atoms. The number of rotatable bonds is 5. The SMILES string of the molecule is CC1CCN(C[C@H](C(=O)C(C)C)c2ccc(Cl)cc2)CC1. The largest absolute Gasteiger partial charge is 0.302 e. The van der Waals surface area contributed by atoms with Gasteiger partial charge in [-0.15, -0.1) is 0 Å². The zero-order valence-electron chi connectivity index (χ0n) is 13.3. The van der Waals surface area contributed by atoms with Gasteiger partial charge in [0.05, 0.1) is 5.92 Å². The van der Waals surface area contributed by atoms with Crippen molar-refractivity contribution < 1.29 is 4.79 Å². The van der Waals surface area contributed by atoms with E-state index in [9.17, 15) is 4.79 Å². The highest BCUT2D eigenvalue weighted by atomic mass is 35.5.